The highest BCUT2D eigenvalue weighted by molar-refractivity contribution is 7.21. The molecule has 4 aromatic rings. The van der Waals surface area contributed by atoms with Crippen LogP contribution in [0.25, 0.3) is 15.3 Å². The van der Waals surface area contributed by atoms with Crippen LogP contribution in [0.3, 0.4) is 0 Å². The molecule has 3 aromatic heterocycles. The molecule has 0 unspecified atom stereocenters. The average molecular weight is 382 g/mol. The molecule has 0 bridgehead atoms. The van der Waals surface area contributed by atoms with Crippen molar-refractivity contribution in [3.8, 4) is 0 Å². The van der Waals surface area contributed by atoms with Crippen LogP contribution in [0.15, 0.2) is 48.0 Å². The van der Waals surface area contributed by atoms with Crippen LogP contribution in [0.4, 0.5) is 0 Å². The smallest absolute Gasteiger partial charge is 0.264 e. The minimum Gasteiger partial charge on any atom is -0.338 e. The van der Waals surface area contributed by atoms with Crippen LogP contribution >= 0.6 is 22.7 Å². The Hall–Kier alpha value is -2.18. The SMILES string of the molecule is O=C(c1cc2c(nc3sccn32)s1)N1CCC(Cc2ccccc2)CC1. The Bertz CT molecular complexity index is 1050. The number of piperidine rings is 1. The lowest BCUT2D eigenvalue weighted by Crippen LogP contribution is -2.38. The minimum atomic E-state index is 0.162. The largest absolute Gasteiger partial charge is 0.338 e. The van der Waals surface area contributed by atoms with E-state index in [1.807, 2.05) is 22.5 Å². The van der Waals surface area contributed by atoms with Gasteiger partial charge in [0.25, 0.3) is 5.91 Å². The van der Waals surface area contributed by atoms with E-state index in [1.54, 1.807) is 11.3 Å². The zero-order valence-electron chi connectivity index (χ0n) is 14.3. The fraction of sp³-hybridized carbons (Fsp3) is 0.300. The number of nitrogens with zero attached hydrogens (tertiary/aromatic N) is 3. The van der Waals surface area contributed by atoms with Gasteiger partial charge in [0.15, 0.2) is 4.96 Å². The molecule has 1 aliphatic rings. The van der Waals surface area contributed by atoms with Crippen LogP contribution in [-0.4, -0.2) is 33.3 Å². The first kappa shape index (κ1) is 16.0. The summed E-state index contributed by atoms with van der Waals surface area (Å²) in [6, 6.07) is 12.7. The predicted molar refractivity (Wildman–Crippen MR) is 107 cm³/mol. The number of carbonyl (C=O) groups excluding carboxylic acids is 1. The average Bonchev–Trinajstić information content (AvgIpc) is 3.35. The Morgan fingerprint density at radius 1 is 1.19 bits per heavy atom. The lowest BCUT2D eigenvalue weighted by Gasteiger charge is -2.31. The molecule has 1 aliphatic heterocycles. The Morgan fingerprint density at radius 2 is 2.00 bits per heavy atom. The third kappa shape index (κ3) is 2.83. The van der Waals surface area contributed by atoms with Crippen LogP contribution < -0.4 is 0 Å². The number of thiazole rings is 1. The minimum absolute atomic E-state index is 0.162. The number of hydrogen-bond acceptors (Lipinski definition) is 4. The van der Waals surface area contributed by atoms with Gasteiger partial charge in [-0.05, 0) is 36.8 Å². The van der Waals surface area contributed by atoms with Gasteiger partial charge in [-0.25, -0.2) is 4.98 Å². The van der Waals surface area contributed by atoms with Crippen molar-refractivity contribution in [1.82, 2.24) is 14.3 Å². The molecule has 0 spiro atoms. The number of thiophene rings is 1. The molecule has 1 aromatic carbocycles. The first-order chi connectivity index (χ1) is 12.8. The number of carbonyl (C=O) groups is 1. The molecule has 5 rings (SSSR count). The molecule has 1 amide bonds. The van der Waals surface area contributed by atoms with Crippen molar-refractivity contribution in [3.05, 3.63) is 58.4 Å². The summed E-state index contributed by atoms with van der Waals surface area (Å²) in [6.07, 6.45) is 5.30. The number of hydrogen-bond donors (Lipinski definition) is 0. The van der Waals surface area contributed by atoms with E-state index in [-0.39, 0.29) is 5.91 Å². The summed E-state index contributed by atoms with van der Waals surface area (Å²) < 4.78 is 2.07. The third-order valence-electron chi connectivity index (χ3n) is 5.22. The zero-order chi connectivity index (χ0) is 17.5. The maximum absolute atomic E-state index is 12.9. The molecular formula is C20H19N3OS2. The zero-order valence-corrected chi connectivity index (χ0v) is 15.9. The summed E-state index contributed by atoms with van der Waals surface area (Å²) in [5, 5.41) is 2.03. The summed E-state index contributed by atoms with van der Waals surface area (Å²) >= 11 is 3.14. The van der Waals surface area contributed by atoms with Crippen LogP contribution in [0, 0.1) is 5.92 Å². The first-order valence-corrected chi connectivity index (χ1v) is 10.7. The van der Waals surface area contributed by atoms with E-state index in [2.05, 4.69) is 39.7 Å². The molecule has 0 N–H and O–H groups in total. The van der Waals surface area contributed by atoms with Crippen molar-refractivity contribution in [1.29, 1.82) is 0 Å². The second kappa shape index (κ2) is 6.52. The van der Waals surface area contributed by atoms with Crippen molar-refractivity contribution in [2.75, 3.05) is 13.1 Å². The van der Waals surface area contributed by atoms with Crippen molar-refractivity contribution < 1.29 is 4.79 Å². The molecule has 6 heteroatoms. The topological polar surface area (TPSA) is 37.6 Å². The first-order valence-electron chi connectivity index (χ1n) is 8.96. The maximum Gasteiger partial charge on any atom is 0.264 e. The maximum atomic E-state index is 12.9. The monoisotopic (exact) mass is 381 g/mol. The van der Waals surface area contributed by atoms with Crippen LogP contribution in [0.1, 0.15) is 28.1 Å². The molecule has 0 atom stereocenters. The van der Waals surface area contributed by atoms with Crippen LogP contribution in [0.2, 0.25) is 0 Å². The number of imidazole rings is 1. The van der Waals surface area contributed by atoms with E-state index in [1.165, 1.54) is 16.9 Å². The molecule has 0 radical (unpaired) electrons. The molecule has 1 saturated heterocycles. The van der Waals surface area contributed by atoms with E-state index in [4.69, 9.17) is 0 Å². The number of likely N-dealkylation sites (tertiary alicyclic amines) is 1. The Morgan fingerprint density at radius 3 is 2.81 bits per heavy atom. The number of aromatic nitrogens is 2. The van der Waals surface area contributed by atoms with Gasteiger partial charge in [0, 0.05) is 24.7 Å². The fourth-order valence-corrected chi connectivity index (χ4v) is 5.56. The molecular weight excluding hydrogens is 362 g/mol. The second-order valence-corrected chi connectivity index (χ2v) is 8.80. The number of amides is 1. The standard InChI is InChI=1S/C20H19N3OS2/c24-19(17-13-16-18(26-17)21-20-23(16)10-11-25-20)22-8-6-15(7-9-22)12-14-4-2-1-3-5-14/h1-5,10-11,13,15H,6-9,12H2. The fourth-order valence-electron chi connectivity index (χ4n) is 3.80. The van der Waals surface area contributed by atoms with Gasteiger partial charge in [0.1, 0.15) is 4.83 Å². The van der Waals surface area contributed by atoms with Gasteiger partial charge in [-0.2, -0.15) is 0 Å². The summed E-state index contributed by atoms with van der Waals surface area (Å²) in [6.45, 7) is 1.71. The molecule has 26 heavy (non-hydrogen) atoms. The normalized spacial score (nSPS) is 15.9. The van der Waals surface area contributed by atoms with Gasteiger partial charge in [-0.15, -0.1) is 22.7 Å². The highest BCUT2D eigenvalue weighted by atomic mass is 32.1. The van der Waals surface area contributed by atoms with Crippen LogP contribution in [0.5, 0.6) is 0 Å². The molecule has 0 aliphatic carbocycles. The molecule has 4 heterocycles. The van der Waals surface area contributed by atoms with Crippen molar-refractivity contribution in [2.45, 2.75) is 19.3 Å². The van der Waals surface area contributed by atoms with Gasteiger partial charge >= 0.3 is 0 Å². The van der Waals surface area contributed by atoms with Crippen LogP contribution in [-0.2, 0) is 6.42 Å². The predicted octanol–water partition coefficient (Wildman–Crippen LogP) is 4.71. The van der Waals surface area contributed by atoms with Crippen molar-refractivity contribution in [3.63, 3.8) is 0 Å². The quantitative estimate of drug-likeness (QED) is 0.516. The third-order valence-corrected chi connectivity index (χ3v) is 6.98. The van der Waals surface area contributed by atoms with Crippen molar-refractivity contribution in [2.24, 2.45) is 5.92 Å². The molecule has 132 valence electrons. The van der Waals surface area contributed by atoms with E-state index in [0.717, 1.165) is 52.5 Å². The van der Waals surface area contributed by atoms with Gasteiger partial charge in [-0.3, -0.25) is 9.20 Å². The van der Waals surface area contributed by atoms with Crippen molar-refractivity contribution >= 4 is 43.9 Å². The summed E-state index contributed by atoms with van der Waals surface area (Å²) in [4.78, 5) is 22.3. The molecule has 4 nitrogen and oxygen atoms in total. The molecule has 1 fully saturated rings. The Labute approximate surface area is 159 Å². The summed E-state index contributed by atoms with van der Waals surface area (Å²) in [5.74, 6) is 0.837. The summed E-state index contributed by atoms with van der Waals surface area (Å²) in [5.41, 5.74) is 2.45. The lowest BCUT2D eigenvalue weighted by atomic mass is 9.90. The molecule has 0 saturated carbocycles. The van der Waals surface area contributed by atoms with E-state index < -0.39 is 0 Å². The van der Waals surface area contributed by atoms with Gasteiger partial charge in [0.2, 0.25) is 0 Å². The number of fused-ring (bicyclic) bond motifs is 3. The number of benzene rings is 1. The van der Waals surface area contributed by atoms with Gasteiger partial charge in [0.05, 0.1) is 10.4 Å². The van der Waals surface area contributed by atoms with E-state index >= 15 is 0 Å². The number of rotatable bonds is 3. The highest BCUT2D eigenvalue weighted by Gasteiger charge is 2.25. The summed E-state index contributed by atoms with van der Waals surface area (Å²) in [7, 11) is 0. The lowest BCUT2D eigenvalue weighted by molar-refractivity contribution is 0.0695. The van der Waals surface area contributed by atoms with Gasteiger partial charge < -0.3 is 4.90 Å². The van der Waals surface area contributed by atoms with E-state index in [0.29, 0.717) is 5.92 Å². The Balaban J connectivity index is 1.27. The van der Waals surface area contributed by atoms with Gasteiger partial charge in [-0.1, -0.05) is 30.3 Å². The van der Waals surface area contributed by atoms with E-state index in [9.17, 15) is 4.79 Å². The highest BCUT2D eigenvalue weighted by Crippen LogP contribution is 2.30. The second-order valence-electron chi connectivity index (χ2n) is 6.89. The Kier molecular flexibility index (Phi) is 4.02.